The maximum Gasteiger partial charge on any atom is 0.254 e. The third-order valence-corrected chi connectivity index (χ3v) is 5.14. The van der Waals surface area contributed by atoms with Gasteiger partial charge in [0.1, 0.15) is 12.1 Å². The van der Waals surface area contributed by atoms with E-state index in [0.717, 1.165) is 23.6 Å². The molecule has 0 aromatic carbocycles. The number of nitrogens with one attached hydrogen (secondary N) is 1. The van der Waals surface area contributed by atoms with Gasteiger partial charge in [0.05, 0.1) is 0 Å². The molecule has 2 aromatic heterocycles. The first-order valence-electron chi connectivity index (χ1n) is 6.11. The average Bonchev–Trinajstić information content (AvgIpc) is 3.01. The summed E-state index contributed by atoms with van der Waals surface area (Å²) in [6.45, 7) is 5.06. The summed E-state index contributed by atoms with van der Waals surface area (Å²) in [6, 6.07) is 0. The van der Waals surface area contributed by atoms with Crippen LogP contribution in [0.2, 0.25) is 0 Å². The second kappa shape index (κ2) is 4.12. The second-order valence-electron chi connectivity index (χ2n) is 4.88. The van der Waals surface area contributed by atoms with Crippen LogP contribution in [0.25, 0.3) is 5.78 Å². The smallest absolute Gasteiger partial charge is 0.254 e. The van der Waals surface area contributed by atoms with Gasteiger partial charge in [0.2, 0.25) is 0 Å². The average molecular weight is 263 g/mol. The number of aryl methyl sites for hydroxylation is 1. The molecule has 2 aromatic rings. The molecule has 0 saturated heterocycles. The lowest BCUT2D eigenvalue weighted by molar-refractivity contribution is 0.875. The van der Waals surface area contributed by atoms with Crippen LogP contribution in [0.15, 0.2) is 6.33 Å². The van der Waals surface area contributed by atoms with Crippen molar-refractivity contribution in [3.63, 3.8) is 0 Å². The van der Waals surface area contributed by atoms with E-state index >= 15 is 0 Å². The summed E-state index contributed by atoms with van der Waals surface area (Å²) in [5.74, 6) is 1.69. The van der Waals surface area contributed by atoms with Crippen LogP contribution >= 0.6 is 11.8 Å². The van der Waals surface area contributed by atoms with Crippen molar-refractivity contribution in [2.75, 3.05) is 18.1 Å². The molecule has 2 heterocycles. The summed E-state index contributed by atoms with van der Waals surface area (Å²) >= 11 is 1.95. The molecular weight excluding hydrogens is 246 g/mol. The summed E-state index contributed by atoms with van der Waals surface area (Å²) < 4.78 is 2.22. The zero-order chi connectivity index (χ0) is 12.8. The Hall–Kier alpha value is -1.30. The van der Waals surface area contributed by atoms with Crippen LogP contribution in [0.4, 0.5) is 5.82 Å². The van der Waals surface area contributed by atoms with Gasteiger partial charge in [-0.3, -0.25) is 0 Å². The maximum absolute atomic E-state index is 4.42. The highest BCUT2D eigenvalue weighted by atomic mass is 32.2. The molecule has 1 aliphatic rings. The molecule has 1 N–H and O–H groups in total. The van der Waals surface area contributed by atoms with Gasteiger partial charge in [-0.05, 0) is 32.9 Å². The molecule has 0 amide bonds. The lowest BCUT2D eigenvalue weighted by Gasteiger charge is -2.17. The molecule has 0 spiro atoms. The van der Waals surface area contributed by atoms with Crippen LogP contribution in [0.3, 0.4) is 0 Å². The molecule has 0 radical (unpaired) electrons. The van der Waals surface area contributed by atoms with Gasteiger partial charge in [-0.2, -0.15) is 26.4 Å². The minimum absolute atomic E-state index is 0.427. The Bertz CT molecular complexity index is 587. The van der Waals surface area contributed by atoms with Crippen LogP contribution in [0.1, 0.15) is 24.1 Å². The van der Waals surface area contributed by atoms with Crippen molar-refractivity contribution in [1.29, 1.82) is 0 Å². The largest absolute Gasteiger partial charge is 0.368 e. The van der Waals surface area contributed by atoms with Gasteiger partial charge in [0.15, 0.2) is 0 Å². The summed E-state index contributed by atoms with van der Waals surface area (Å²) in [5, 5.41) is 7.78. The standard InChI is InChI=1S/C12H17N5S/c1-8-9(2)16-11-14-7-15-17(11)10(8)13-6-12(18-3)4-5-12/h7,13H,4-6H2,1-3H3. The maximum atomic E-state index is 4.42. The topological polar surface area (TPSA) is 55.1 Å². The fraction of sp³-hybridized carbons (Fsp3) is 0.583. The molecule has 0 unspecified atom stereocenters. The summed E-state index contributed by atoms with van der Waals surface area (Å²) in [6.07, 6.45) is 6.33. The molecule has 3 rings (SSSR count). The van der Waals surface area contributed by atoms with E-state index in [0.29, 0.717) is 10.5 Å². The molecule has 18 heavy (non-hydrogen) atoms. The van der Waals surface area contributed by atoms with Crippen molar-refractivity contribution in [3.8, 4) is 0 Å². The van der Waals surface area contributed by atoms with Gasteiger partial charge < -0.3 is 5.32 Å². The van der Waals surface area contributed by atoms with Gasteiger partial charge in [-0.25, -0.2) is 4.98 Å². The van der Waals surface area contributed by atoms with Gasteiger partial charge in [-0.15, -0.1) is 0 Å². The Morgan fingerprint density at radius 1 is 1.44 bits per heavy atom. The molecule has 1 aliphatic carbocycles. The van der Waals surface area contributed by atoms with E-state index in [4.69, 9.17) is 0 Å². The highest BCUT2D eigenvalue weighted by Gasteiger charge is 2.41. The Balaban J connectivity index is 1.94. The zero-order valence-corrected chi connectivity index (χ0v) is 11.7. The second-order valence-corrected chi connectivity index (χ2v) is 6.16. The van der Waals surface area contributed by atoms with Crippen molar-refractivity contribution in [2.24, 2.45) is 0 Å². The van der Waals surface area contributed by atoms with E-state index < -0.39 is 0 Å². The van der Waals surface area contributed by atoms with Gasteiger partial charge in [-0.1, -0.05) is 0 Å². The van der Waals surface area contributed by atoms with E-state index in [9.17, 15) is 0 Å². The van der Waals surface area contributed by atoms with Crippen molar-refractivity contribution in [1.82, 2.24) is 19.6 Å². The third-order valence-electron chi connectivity index (χ3n) is 3.73. The number of hydrogen-bond acceptors (Lipinski definition) is 5. The quantitative estimate of drug-likeness (QED) is 0.915. The molecule has 0 bridgehead atoms. The summed E-state index contributed by atoms with van der Waals surface area (Å²) in [5.41, 5.74) is 2.15. The van der Waals surface area contributed by atoms with Crippen LogP contribution in [-0.4, -0.2) is 37.1 Å². The summed E-state index contributed by atoms with van der Waals surface area (Å²) in [7, 11) is 0. The lowest BCUT2D eigenvalue weighted by Crippen LogP contribution is -2.20. The fourth-order valence-electron chi connectivity index (χ4n) is 2.08. The number of nitrogens with zero attached hydrogens (tertiary/aromatic N) is 4. The van der Waals surface area contributed by atoms with Gasteiger partial charge >= 0.3 is 0 Å². The van der Waals surface area contributed by atoms with E-state index in [1.54, 1.807) is 10.8 Å². The van der Waals surface area contributed by atoms with Gasteiger partial charge in [0.25, 0.3) is 5.78 Å². The molecule has 96 valence electrons. The molecular formula is C12H17N5S. The molecule has 0 aliphatic heterocycles. The first-order chi connectivity index (χ1) is 8.65. The number of anilines is 1. The van der Waals surface area contributed by atoms with Crippen molar-refractivity contribution in [2.45, 2.75) is 31.4 Å². The van der Waals surface area contributed by atoms with Crippen molar-refractivity contribution >= 4 is 23.4 Å². The Kier molecular flexibility index (Phi) is 2.69. The first kappa shape index (κ1) is 11.8. The highest BCUT2D eigenvalue weighted by Crippen LogP contribution is 2.47. The van der Waals surface area contributed by atoms with Crippen LogP contribution in [0.5, 0.6) is 0 Å². The minimum atomic E-state index is 0.427. The van der Waals surface area contributed by atoms with Crippen molar-refractivity contribution < 1.29 is 0 Å². The predicted molar refractivity (Wildman–Crippen MR) is 74.2 cm³/mol. The Labute approximate surface area is 110 Å². The minimum Gasteiger partial charge on any atom is -0.368 e. The van der Waals surface area contributed by atoms with E-state index in [-0.39, 0.29) is 0 Å². The molecule has 1 saturated carbocycles. The lowest BCUT2D eigenvalue weighted by atomic mass is 10.2. The van der Waals surface area contributed by atoms with Crippen LogP contribution in [0, 0.1) is 13.8 Å². The van der Waals surface area contributed by atoms with E-state index in [1.807, 2.05) is 18.7 Å². The number of rotatable bonds is 4. The highest BCUT2D eigenvalue weighted by molar-refractivity contribution is 8.00. The number of aromatic nitrogens is 4. The SMILES string of the molecule is CSC1(CNc2c(C)c(C)nc3ncnn23)CC1. The predicted octanol–water partition coefficient (Wildman–Crippen LogP) is 2.05. The third kappa shape index (κ3) is 1.84. The first-order valence-corrected chi connectivity index (χ1v) is 7.34. The number of hydrogen-bond donors (Lipinski definition) is 1. The van der Waals surface area contributed by atoms with Gasteiger partial charge in [0, 0.05) is 22.5 Å². The fourth-order valence-corrected chi connectivity index (χ4v) is 2.81. The van der Waals surface area contributed by atoms with E-state index in [1.165, 1.54) is 12.8 Å². The molecule has 1 fully saturated rings. The monoisotopic (exact) mass is 263 g/mol. The number of fused-ring (bicyclic) bond motifs is 1. The van der Waals surface area contributed by atoms with Crippen molar-refractivity contribution in [3.05, 3.63) is 17.6 Å². The summed E-state index contributed by atoms with van der Waals surface area (Å²) in [4.78, 5) is 8.58. The normalized spacial score (nSPS) is 17.1. The van der Waals surface area contributed by atoms with Crippen LogP contribution < -0.4 is 5.32 Å². The Morgan fingerprint density at radius 3 is 2.89 bits per heavy atom. The van der Waals surface area contributed by atoms with Crippen LogP contribution in [-0.2, 0) is 0 Å². The Morgan fingerprint density at radius 2 is 2.22 bits per heavy atom. The molecule has 0 atom stereocenters. The molecule has 6 heteroatoms. The zero-order valence-electron chi connectivity index (χ0n) is 10.9. The molecule has 5 nitrogen and oxygen atoms in total. The number of thioether (sulfide) groups is 1. The van der Waals surface area contributed by atoms with E-state index in [2.05, 4.69) is 33.6 Å².